The third-order valence-corrected chi connectivity index (χ3v) is 4.09. The first-order valence-electron chi connectivity index (χ1n) is 6.35. The highest BCUT2D eigenvalue weighted by Crippen LogP contribution is 2.39. The lowest BCUT2D eigenvalue weighted by Crippen LogP contribution is -2.55. The summed E-state index contributed by atoms with van der Waals surface area (Å²) >= 11 is 0. The molecule has 2 rings (SSSR count). The van der Waals surface area contributed by atoms with Crippen LogP contribution in [0.4, 0.5) is 0 Å². The molecular formula is C13H25NO. The number of rotatable bonds is 0. The molecule has 1 saturated heterocycles. The second-order valence-corrected chi connectivity index (χ2v) is 6.38. The summed E-state index contributed by atoms with van der Waals surface area (Å²) in [5.74, 6) is 0.850. The van der Waals surface area contributed by atoms with Gasteiger partial charge in [0, 0.05) is 12.6 Å². The number of nitrogens with one attached hydrogen (secondary N) is 1. The number of fused-ring (bicyclic) bond motifs is 1. The zero-order valence-electron chi connectivity index (χ0n) is 10.5. The summed E-state index contributed by atoms with van der Waals surface area (Å²) in [7, 11) is 0. The van der Waals surface area contributed by atoms with E-state index in [4.69, 9.17) is 4.74 Å². The van der Waals surface area contributed by atoms with Crippen molar-refractivity contribution in [2.75, 3.05) is 6.54 Å². The topological polar surface area (TPSA) is 21.3 Å². The van der Waals surface area contributed by atoms with E-state index in [1.54, 1.807) is 0 Å². The lowest BCUT2D eigenvalue weighted by atomic mass is 9.70. The van der Waals surface area contributed by atoms with Gasteiger partial charge >= 0.3 is 0 Å². The van der Waals surface area contributed by atoms with Crippen LogP contribution in [0, 0.1) is 11.3 Å². The van der Waals surface area contributed by atoms with Crippen LogP contribution in [0.3, 0.4) is 0 Å². The van der Waals surface area contributed by atoms with Gasteiger partial charge in [0.05, 0.1) is 12.2 Å². The fraction of sp³-hybridized carbons (Fsp3) is 1.00. The van der Waals surface area contributed by atoms with Crippen LogP contribution in [0.15, 0.2) is 0 Å². The van der Waals surface area contributed by atoms with E-state index in [0.29, 0.717) is 23.7 Å². The lowest BCUT2D eigenvalue weighted by molar-refractivity contribution is -0.0850. The van der Waals surface area contributed by atoms with Gasteiger partial charge in [-0.15, -0.1) is 0 Å². The smallest absolute Gasteiger partial charge is 0.0732 e. The van der Waals surface area contributed by atoms with Gasteiger partial charge in [-0.25, -0.2) is 0 Å². The van der Waals surface area contributed by atoms with E-state index in [0.717, 1.165) is 12.5 Å². The standard InChI is InChI=1S/C13H25NO/c1-9-8-14-11-7-10(13(2,3)4)5-6-12(11)15-9/h9-12,14H,5-8H2,1-4H3. The van der Waals surface area contributed by atoms with E-state index in [-0.39, 0.29) is 0 Å². The SMILES string of the molecule is CC1CNC2CC(C(C)(C)C)CCC2O1. The molecule has 88 valence electrons. The number of hydrogen-bond acceptors (Lipinski definition) is 2. The number of morpholine rings is 1. The predicted octanol–water partition coefficient (Wildman–Crippen LogP) is 2.58. The predicted molar refractivity (Wildman–Crippen MR) is 62.9 cm³/mol. The fourth-order valence-electron chi connectivity index (χ4n) is 2.97. The van der Waals surface area contributed by atoms with Gasteiger partial charge in [-0.2, -0.15) is 0 Å². The molecule has 15 heavy (non-hydrogen) atoms. The molecule has 0 radical (unpaired) electrons. The molecule has 2 aliphatic rings. The third-order valence-electron chi connectivity index (χ3n) is 4.09. The number of hydrogen-bond donors (Lipinski definition) is 1. The van der Waals surface area contributed by atoms with E-state index in [1.807, 2.05) is 0 Å². The molecule has 0 aromatic carbocycles. The van der Waals surface area contributed by atoms with Crippen molar-refractivity contribution in [1.82, 2.24) is 5.32 Å². The van der Waals surface area contributed by atoms with E-state index in [2.05, 4.69) is 33.0 Å². The van der Waals surface area contributed by atoms with Crippen molar-refractivity contribution in [3.63, 3.8) is 0 Å². The van der Waals surface area contributed by atoms with Crippen molar-refractivity contribution in [2.45, 2.75) is 65.2 Å². The summed E-state index contributed by atoms with van der Waals surface area (Å²) < 4.78 is 5.99. The maximum Gasteiger partial charge on any atom is 0.0732 e. The van der Waals surface area contributed by atoms with Gasteiger partial charge in [0.25, 0.3) is 0 Å². The minimum absolute atomic E-state index is 0.400. The van der Waals surface area contributed by atoms with Crippen LogP contribution in [0.2, 0.25) is 0 Å². The molecule has 4 atom stereocenters. The van der Waals surface area contributed by atoms with Crippen molar-refractivity contribution < 1.29 is 4.74 Å². The Kier molecular flexibility index (Phi) is 3.09. The molecule has 1 saturated carbocycles. The maximum atomic E-state index is 5.99. The lowest BCUT2D eigenvalue weighted by Gasteiger charge is -2.45. The first kappa shape index (κ1) is 11.4. The molecule has 1 N–H and O–H groups in total. The first-order chi connectivity index (χ1) is 6.97. The minimum atomic E-state index is 0.400. The molecule has 2 nitrogen and oxygen atoms in total. The van der Waals surface area contributed by atoms with Crippen LogP contribution in [-0.4, -0.2) is 24.8 Å². The highest BCUT2D eigenvalue weighted by Gasteiger charge is 2.38. The van der Waals surface area contributed by atoms with E-state index in [9.17, 15) is 0 Å². The molecule has 0 amide bonds. The average Bonchev–Trinajstić information content (AvgIpc) is 2.15. The zero-order valence-corrected chi connectivity index (χ0v) is 10.5. The molecule has 0 aromatic heterocycles. The van der Waals surface area contributed by atoms with Crippen LogP contribution in [-0.2, 0) is 4.74 Å². The van der Waals surface area contributed by atoms with Gasteiger partial charge in [-0.3, -0.25) is 0 Å². The Morgan fingerprint density at radius 3 is 2.60 bits per heavy atom. The normalized spacial score (nSPS) is 42.4. The molecule has 1 aliphatic heterocycles. The molecular weight excluding hydrogens is 186 g/mol. The Labute approximate surface area is 93.8 Å². The van der Waals surface area contributed by atoms with Crippen molar-refractivity contribution in [3.8, 4) is 0 Å². The van der Waals surface area contributed by atoms with Crippen LogP contribution in [0.1, 0.15) is 47.0 Å². The summed E-state index contributed by atoms with van der Waals surface area (Å²) in [5, 5.41) is 3.65. The second kappa shape index (κ2) is 4.06. The third kappa shape index (κ3) is 2.54. The summed E-state index contributed by atoms with van der Waals surface area (Å²) in [5.41, 5.74) is 0.454. The molecule has 2 fully saturated rings. The molecule has 1 heterocycles. The molecule has 1 aliphatic carbocycles. The van der Waals surface area contributed by atoms with Crippen LogP contribution >= 0.6 is 0 Å². The summed E-state index contributed by atoms with van der Waals surface area (Å²) in [4.78, 5) is 0. The maximum absolute atomic E-state index is 5.99. The number of ether oxygens (including phenoxy) is 1. The zero-order chi connectivity index (χ0) is 11.1. The van der Waals surface area contributed by atoms with Gasteiger partial charge < -0.3 is 10.1 Å². The van der Waals surface area contributed by atoms with Crippen LogP contribution in [0.25, 0.3) is 0 Å². The summed E-state index contributed by atoms with van der Waals surface area (Å²) in [6.07, 6.45) is 4.74. The van der Waals surface area contributed by atoms with E-state index >= 15 is 0 Å². The van der Waals surface area contributed by atoms with Crippen LogP contribution in [0.5, 0.6) is 0 Å². The van der Waals surface area contributed by atoms with Gasteiger partial charge in [0.15, 0.2) is 0 Å². The molecule has 0 aromatic rings. The highest BCUT2D eigenvalue weighted by molar-refractivity contribution is 4.92. The Balaban J connectivity index is 1.95. The Hall–Kier alpha value is -0.0800. The second-order valence-electron chi connectivity index (χ2n) is 6.38. The van der Waals surface area contributed by atoms with Crippen molar-refractivity contribution >= 4 is 0 Å². The van der Waals surface area contributed by atoms with Crippen molar-refractivity contribution in [1.29, 1.82) is 0 Å². The van der Waals surface area contributed by atoms with Gasteiger partial charge in [-0.05, 0) is 37.5 Å². The van der Waals surface area contributed by atoms with Gasteiger partial charge in [-0.1, -0.05) is 20.8 Å². The average molecular weight is 211 g/mol. The summed E-state index contributed by atoms with van der Waals surface area (Å²) in [6.45, 7) is 10.3. The molecule has 0 bridgehead atoms. The Morgan fingerprint density at radius 1 is 1.20 bits per heavy atom. The highest BCUT2D eigenvalue weighted by atomic mass is 16.5. The molecule has 4 unspecified atom stereocenters. The van der Waals surface area contributed by atoms with E-state index < -0.39 is 0 Å². The monoisotopic (exact) mass is 211 g/mol. The largest absolute Gasteiger partial charge is 0.372 e. The fourth-order valence-corrected chi connectivity index (χ4v) is 2.97. The Morgan fingerprint density at radius 2 is 1.93 bits per heavy atom. The van der Waals surface area contributed by atoms with Gasteiger partial charge in [0.1, 0.15) is 0 Å². The Bertz CT molecular complexity index is 221. The molecule has 0 spiro atoms. The molecule has 2 heteroatoms. The van der Waals surface area contributed by atoms with Crippen molar-refractivity contribution in [3.05, 3.63) is 0 Å². The van der Waals surface area contributed by atoms with E-state index in [1.165, 1.54) is 19.3 Å². The van der Waals surface area contributed by atoms with Crippen molar-refractivity contribution in [2.24, 2.45) is 11.3 Å². The first-order valence-corrected chi connectivity index (χ1v) is 6.35. The van der Waals surface area contributed by atoms with Gasteiger partial charge in [0.2, 0.25) is 0 Å². The quantitative estimate of drug-likeness (QED) is 0.665. The minimum Gasteiger partial charge on any atom is -0.372 e. The summed E-state index contributed by atoms with van der Waals surface area (Å²) in [6, 6.07) is 0.610. The van der Waals surface area contributed by atoms with Crippen LogP contribution < -0.4 is 5.32 Å².